The molecule has 3 aromatic rings. The van der Waals surface area contributed by atoms with Crippen molar-refractivity contribution in [2.45, 2.75) is 4.83 Å². The van der Waals surface area contributed by atoms with E-state index in [2.05, 4.69) is 31.9 Å². The summed E-state index contributed by atoms with van der Waals surface area (Å²) in [6.07, 6.45) is 0. The number of rotatable bonds is 2. The molecule has 102 valence electrons. The van der Waals surface area contributed by atoms with Gasteiger partial charge < -0.3 is 0 Å². The van der Waals surface area contributed by atoms with Crippen LogP contribution in [0.15, 0.2) is 46.3 Å². The van der Waals surface area contributed by atoms with Gasteiger partial charge in [-0.1, -0.05) is 34.1 Å². The third-order valence-corrected chi connectivity index (χ3v) is 6.05. The second kappa shape index (κ2) is 5.54. The van der Waals surface area contributed by atoms with Crippen LogP contribution in [-0.4, -0.2) is 0 Å². The van der Waals surface area contributed by atoms with E-state index >= 15 is 0 Å². The molecule has 0 N–H and O–H groups in total. The average molecular weight is 418 g/mol. The Balaban J connectivity index is 2.13. The molecule has 20 heavy (non-hydrogen) atoms. The van der Waals surface area contributed by atoms with Crippen molar-refractivity contribution in [1.29, 1.82) is 0 Å². The Labute approximate surface area is 135 Å². The predicted molar refractivity (Wildman–Crippen MR) is 86.7 cm³/mol. The number of alkyl halides is 1. The zero-order valence-corrected chi connectivity index (χ0v) is 14.0. The monoisotopic (exact) mass is 416 g/mol. The van der Waals surface area contributed by atoms with Crippen molar-refractivity contribution in [2.24, 2.45) is 0 Å². The Morgan fingerprint density at radius 3 is 2.60 bits per heavy atom. The molecule has 0 aliphatic rings. The molecule has 0 nitrogen and oxygen atoms in total. The van der Waals surface area contributed by atoms with Crippen molar-refractivity contribution in [3.05, 3.63) is 69.0 Å². The van der Waals surface area contributed by atoms with Gasteiger partial charge >= 0.3 is 0 Å². The highest BCUT2D eigenvalue weighted by Gasteiger charge is 2.19. The smallest absolute Gasteiger partial charge is 0.130 e. The van der Waals surface area contributed by atoms with E-state index in [-0.39, 0.29) is 4.83 Å². The second-order valence-corrected chi connectivity index (χ2v) is 6.99. The molecule has 0 spiro atoms. The van der Waals surface area contributed by atoms with Crippen molar-refractivity contribution in [2.75, 3.05) is 0 Å². The van der Waals surface area contributed by atoms with Gasteiger partial charge in [0.15, 0.2) is 0 Å². The van der Waals surface area contributed by atoms with Crippen LogP contribution in [-0.2, 0) is 0 Å². The van der Waals surface area contributed by atoms with Gasteiger partial charge in [-0.2, -0.15) is 0 Å². The molecule has 1 unspecified atom stereocenters. The van der Waals surface area contributed by atoms with Crippen molar-refractivity contribution in [3.63, 3.8) is 0 Å². The SMILES string of the molecule is Fc1ccc(C(Br)c2csc3c(Br)cccc23)c(F)c1. The van der Waals surface area contributed by atoms with Crippen LogP contribution in [0.25, 0.3) is 10.1 Å². The number of hydrogen-bond acceptors (Lipinski definition) is 1. The lowest BCUT2D eigenvalue weighted by Gasteiger charge is -2.11. The molecule has 0 amide bonds. The molecule has 0 bridgehead atoms. The predicted octanol–water partition coefficient (Wildman–Crippen LogP) is 6.43. The highest BCUT2D eigenvalue weighted by molar-refractivity contribution is 9.10. The van der Waals surface area contributed by atoms with Gasteiger partial charge in [0.1, 0.15) is 11.6 Å². The Bertz CT molecular complexity index is 783. The number of hydrogen-bond donors (Lipinski definition) is 0. The molecule has 0 fully saturated rings. The molecule has 0 saturated carbocycles. The summed E-state index contributed by atoms with van der Waals surface area (Å²) in [4.78, 5) is -0.300. The summed E-state index contributed by atoms with van der Waals surface area (Å²) < 4.78 is 29.0. The van der Waals surface area contributed by atoms with Gasteiger partial charge in [0.05, 0.1) is 4.83 Å². The molecule has 1 aromatic heterocycles. The molecular formula is C15H8Br2F2S. The van der Waals surface area contributed by atoms with Crippen molar-refractivity contribution in [3.8, 4) is 0 Å². The van der Waals surface area contributed by atoms with Gasteiger partial charge in [0, 0.05) is 20.8 Å². The van der Waals surface area contributed by atoms with Gasteiger partial charge in [-0.3, -0.25) is 0 Å². The standard InChI is InChI=1S/C15H8Br2F2S/c16-12-3-1-2-9-11(7-20-15(9)12)14(17)10-5-4-8(18)6-13(10)19/h1-7,14H. The zero-order chi connectivity index (χ0) is 14.3. The molecule has 1 atom stereocenters. The maximum Gasteiger partial charge on any atom is 0.130 e. The Hall–Kier alpha value is -0.780. The van der Waals surface area contributed by atoms with E-state index in [1.165, 1.54) is 12.1 Å². The quantitative estimate of drug-likeness (QED) is 0.421. The summed E-state index contributed by atoms with van der Waals surface area (Å²) in [5.74, 6) is -1.11. The molecular weight excluding hydrogens is 410 g/mol. The normalized spacial score (nSPS) is 12.8. The summed E-state index contributed by atoms with van der Waals surface area (Å²) in [5, 5.41) is 3.06. The molecule has 3 rings (SSSR count). The van der Waals surface area contributed by atoms with Crippen LogP contribution in [0.5, 0.6) is 0 Å². The van der Waals surface area contributed by atoms with Crippen LogP contribution in [0.3, 0.4) is 0 Å². The van der Waals surface area contributed by atoms with E-state index in [1.54, 1.807) is 11.3 Å². The van der Waals surface area contributed by atoms with Crippen LogP contribution >= 0.6 is 43.2 Å². The first-order chi connectivity index (χ1) is 9.58. The zero-order valence-electron chi connectivity index (χ0n) is 10.0. The number of fused-ring (bicyclic) bond motifs is 1. The molecule has 1 heterocycles. The first-order valence-electron chi connectivity index (χ1n) is 5.82. The topological polar surface area (TPSA) is 0 Å². The average Bonchev–Trinajstić information content (AvgIpc) is 2.83. The lowest BCUT2D eigenvalue weighted by atomic mass is 10.0. The molecule has 0 aliphatic carbocycles. The van der Waals surface area contributed by atoms with E-state index in [0.717, 1.165) is 26.2 Å². The third kappa shape index (κ3) is 2.43. The van der Waals surface area contributed by atoms with Gasteiger partial charge in [-0.15, -0.1) is 11.3 Å². The van der Waals surface area contributed by atoms with Crippen LogP contribution in [0.4, 0.5) is 8.78 Å². The fraction of sp³-hybridized carbons (Fsp3) is 0.0667. The minimum atomic E-state index is -0.566. The third-order valence-electron chi connectivity index (χ3n) is 3.09. The number of thiophene rings is 1. The molecule has 0 saturated heterocycles. The van der Waals surface area contributed by atoms with Gasteiger partial charge in [-0.05, 0) is 44.4 Å². The largest absolute Gasteiger partial charge is 0.207 e. The Morgan fingerprint density at radius 1 is 1.05 bits per heavy atom. The van der Waals surface area contributed by atoms with Crippen LogP contribution in [0, 0.1) is 11.6 Å². The summed E-state index contributed by atoms with van der Waals surface area (Å²) >= 11 is 8.63. The van der Waals surface area contributed by atoms with Gasteiger partial charge in [0.2, 0.25) is 0 Å². The highest BCUT2D eigenvalue weighted by atomic mass is 79.9. The van der Waals surface area contributed by atoms with E-state index in [1.807, 2.05) is 23.6 Å². The van der Waals surface area contributed by atoms with Gasteiger partial charge in [0.25, 0.3) is 0 Å². The molecule has 0 radical (unpaired) electrons. The Morgan fingerprint density at radius 2 is 1.85 bits per heavy atom. The number of halogens is 4. The Kier molecular flexibility index (Phi) is 3.93. The van der Waals surface area contributed by atoms with E-state index in [0.29, 0.717) is 5.56 Å². The van der Waals surface area contributed by atoms with E-state index < -0.39 is 11.6 Å². The van der Waals surface area contributed by atoms with Crippen molar-refractivity contribution in [1.82, 2.24) is 0 Å². The molecule has 5 heteroatoms. The van der Waals surface area contributed by atoms with Crippen LogP contribution < -0.4 is 0 Å². The fourth-order valence-electron chi connectivity index (χ4n) is 2.11. The van der Waals surface area contributed by atoms with Gasteiger partial charge in [-0.25, -0.2) is 8.78 Å². The summed E-state index contributed by atoms with van der Waals surface area (Å²) in [6.45, 7) is 0. The van der Waals surface area contributed by atoms with Crippen LogP contribution in [0.2, 0.25) is 0 Å². The fourth-order valence-corrected chi connectivity index (χ4v) is 4.69. The first kappa shape index (κ1) is 14.2. The lowest BCUT2D eigenvalue weighted by molar-refractivity contribution is 0.574. The van der Waals surface area contributed by atoms with Crippen molar-refractivity contribution >= 4 is 53.3 Å². The minimum absolute atomic E-state index is 0.300. The van der Waals surface area contributed by atoms with E-state index in [4.69, 9.17) is 0 Å². The van der Waals surface area contributed by atoms with Crippen molar-refractivity contribution < 1.29 is 8.78 Å². The van der Waals surface area contributed by atoms with Crippen LogP contribution in [0.1, 0.15) is 16.0 Å². The second-order valence-electron chi connectivity index (χ2n) is 4.34. The highest BCUT2D eigenvalue weighted by Crippen LogP contribution is 2.41. The molecule has 0 aliphatic heterocycles. The summed E-state index contributed by atoms with van der Waals surface area (Å²) in [5.41, 5.74) is 1.42. The van der Waals surface area contributed by atoms with E-state index in [9.17, 15) is 8.78 Å². The first-order valence-corrected chi connectivity index (χ1v) is 8.41. The lowest BCUT2D eigenvalue weighted by Crippen LogP contribution is -1.96. The molecule has 2 aromatic carbocycles. The maximum atomic E-state index is 13.9. The summed E-state index contributed by atoms with van der Waals surface area (Å²) in [7, 11) is 0. The maximum absolute atomic E-state index is 13.9. The number of benzene rings is 2. The minimum Gasteiger partial charge on any atom is -0.207 e. The summed E-state index contributed by atoms with van der Waals surface area (Å²) in [6, 6.07) is 9.59.